The second kappa shape index (κ2) is 10.8. The molecule has 0 bridgehead atoms. The van der Waals surface area contributed by atoms with Gasteiger partial charge in [0.25, 0.3) is 0 Å². The van der Waals surface area contributed by atoms with Crippen molar-refractivity contribution in [1.29, 1.82) is 0 Å². The van der Waals surface area contributed by atoms with Crippen LogP contribution in [0.3, 0.4) is 0 Å². The molecule has 2 aromatic rings. The number of aliphatic hydroxyl groups excluding tert-OH is 1. The molecular weight excluding hydrogens is 479 g/mol. The highest BCUT2D eigenvalue weighted by Crippen LogP contribution is 2.26. The van der Waals surface area contributed by atoms with Gasteiger partial charge in [0.05, 0.1) is 23.5 Å². The first-order valence-corrected chi connectivity index (χ1v) is 9.31. The molecule has 2 heterocycles. The van der Waals surface area contributed by atoms with Gasteiger partial charge in [0.2, 0.25) is 0 Å². The van der Waals surface area contributed by atoms with Crippen LogP contribution in [-0.4, -0.2) is 55.2 Å². The highest BCUT2D eigenvalue weighted by Gasteiger charge is 2.21. The molecule has 0 spiro atoms. The monoisotopic (exact) mass is 504 g/mol. The second-order valence-electron chi connectivity index (χ2n) is 6.15. The molecular formula is C19H26ClIN4O2. The second-order valence-corrected chi connectivity index (χ2v) is 6.56. The lowest BCUT2D eigenvalue weighted by Gasteiger charge is -2.38. The molecule has 3 rings (SSSR count). The normalized spacial score (nSPS) is 16.0. The number of aliphatic imine (C=N–C) groups is 1. The van der Waals surface area contributed by atoms with E-state index in [9.17, 15) is 5.11 Å². The fourth-order valence-electron chi connectivity index (χ4n) is 3.04. The third-order valence-electron chi connectivity index (χ3n) is 4.39. The van der Waals surface area contributed by atoms with Gasteiger partial charge >= 0.3 is 0 Å². The summed E-state index contributed by atoms with van der Waals surface area (Å²) >= 11 is 6.31. The van der Waals surface area contributed by atoms with Crippen molar-refractivity contribution < 1.29 is 9.52 Å². The minimum absolute atomic E-state index is 0. The van der Waals surface area contributed by atoms with Crippen molar-refractivity contribution in [3.05, 3.63) is 53.4 Å². The number of piperazine rings is 1. The Kier molecular flexibility index (Phi) is 8.72. The van der Waals surface area contributed by atoms with E-state index in [0.29, 0.717) is 5.76 Å². The molecule has 1 aliphatic heterocycles. The van der Waals surface area contributed by atoms with Gasteiger partial charge in [-0.2, -0.15) is 0 Å². The van der Waals surface area contributed by atoms with Crippen LogP contribution in [0.5, 0.6) is 0 Å². The van der Waals surface area contributed by atoms with Gasteiger partial charge in [-0.15, -0.1) is 24.0 Å². The van der Waals surface area contributed by atoms with Crippen LogP contribution < -0.4 is 10.2 Å². The smallest absolute Gasteiger partial charge is 0.194 e. The molecule has 2 N–H and O–H groups in total. The van der Waals surface area contributed by atoms with Crippen LogP contribution in [0.25, 0.3) is 0 Å². The van der Waals surface area contributed by atoms with Gasteiger partial charge in [-0.1, -0.05) is 23.7 Å². The first kappa shape index (κ1) is 21.8. The number of nitrogens with one attached hydrogen (secondary N) is 1. The fourth-order valence-corrected chi connectivity index (χ4v) is 3.29. The lowest BCUT2D eigenvalue weighted by atomic mass is 10.2. The average molecular weight is 505 g/mol. The lowest BCUT2D eigenvalue weighted by molar-refractivity contribution is 0.158. The van der Waals surface area contributed by atoms with Crippen molar-refractivity contribution in [2.24, 2.45) is 4.99 Å². The molecule has 8 heteroatoms. The van der Waals surface area contributed by atoms with Gasteiger partial charge in [0, 0.05) is 32.7 Å². The van der Waals surface area contributed by atoms with Crippen LogP contribution in [0.4, 0.5) is 5.69 Å². The Morgan fingerprint density at radius 2 is 1.96 bits per heavy atom. The molecule has 148 valence electrons. The van der Waals surface area contributed by atoms with E-state index in [1.54, 1.807) is 18.4 Å². The zero-order valence-electron chi connectivity index (χ0n) is 15.3. The Morgan fingerprint density at radius 1 is 1.22 bits per heavy atom. The number of nitrogens with zero attached hydrogens (tertiary/aromatic N) is 3. The highest BCUT2D eigenvalue weighted by molar-refractivity contribution is 14.0. The van der Waals surface area contributed by atoms with Gasteiger partial charge in [0.15, 0.2) is 5.96 Å². The molecule has 1 aromatic heterocycles. The summed E-state index contributed by atoms with van der Waals surface area (Å²) in [5.74, 6) is 1.35. The number of rotatable bonds is 5. The third kappa shape index (κ3) is 5.76. The number of anilines is 1. The molecule has 0 aliphatic carbocycles. The van der Waals surface area contributed by atoms with Gasteiger partial charge in [-0.25, -0.2) is 4.99 Å². The number of para-hydroxylation sites is 1. The molecule has 1 atom stereocenters. The molecule has 0 radical (unpaired) electrons. The summed E-state index contributed by atoms with van der Waals surface area (Å²) in [5, 5.41) is 14.3. The Morgan fingerprint density at radius 3 is 2.59 bits per heavy atom. The summed E-state index contributed by atoms with van der Waals surface area (Å²) in [6, 6.07) is 11.5. The van der Waals surface area contributed by atoms with Crippen molar-refractivity contribution in [3.8, 4) is 0 Å². The zero-order chi connectivity index (χ0) is 18.4. The maximum absolute atomic E-state index is 10.2. The van der Waals surface area contributed by atoms with Crippen molar-refractivity contribution in [2.45, 2.75) is 13.0 Å². The predicted octanol–water partition coefficient (Wildman–Crippen LogP) is 3.37. The zero-order valence-corrected chi connectivity index (χ0v) is 18.4. The maximum atomic E-state index is 10.2. The minimum Gasteiger partial charge on any atom is -0.467 e. The maximum Gasteiger partial charge on any atom is 0.194 e. The number of aliphatic hydroxyl groups is 1. The molecule has 1 aromatic carbocycles. The summed E-state index contributed by atoms with van der Waals surface area (Å²) in [6.07, 6.45) is 0.824. The van der Waals surface area contributed by atoms with Crippen molar-refractivity contribution in [1.82, 2.24) is 10.2 Å². The predicted molar refractivity (Wildman–Crippen MR) is 120 cm³/mol. The number of halogens is 2. The molecule has 27 heavy (non-hydrogen) atoms. The van der Waals surface area contributed by atoms with Crippen LogP contribution in [0.1, 0.15) is 18.8 Å². The Labute approximate surface area is 182 Å². The molecule has 1 aliphatic rings. The Bertz CT molecular complexity index is 718. The number of hydrogen-bond acceptors (Lipinski definition) is 4. The first-order valence-electron chi connectivity index (χ1n) is 8.93. The largest absolute Gasteiger partial charge is 0.467 e. The van der Waals surface area contributed by atoms with Crippen LogP contribution in [0, 0.1) is 0 Å². The summed E-state index contributed by atoms with van der Waals surface area (Å²) in [4.78, 5) is 9.09. The summed E-state index contributed by atoms with van der Waals surface area (Å²) in [6.45, 7) is 6.50. The fraction of sp³-hybridized carbons (Fsp3) is 0.421. The van der Waals surface area contributed by atoms with Crippen LogP contribution in [0.15, 0.2) is 52.1 Å². The Balaban J connectivity index is 0.00000261. The molecule has 0 amide bonds. The molecule has 1 unspecified atom stereocenters. The van der Waals surface area contributed by atoms with Crippen molar-refractivity contribution in [2.75, 3.05) is 44.2 Å². The SMILES string of the molecule is CCNC(=NCC(O)c1ccco1)N1CCN(c2ccccc2Cl)CC1.I. The van der Waals surface area contributed by atoms with E-state index in [-0.39, 0.29) is 30.5 Å². The van der Waals surface area contributed by atoms with Crippen molar-refractivity contribution >= 4 is 47.2 Å². The lowest BCUT2D eigenvalue weighted by Crippen LogP contribution is -2.52. The van der Waals surface area contributed by atoms with E-state index < -0.39 is 6.10 Å². The van der Waals surface area contributed by atoms with E-state index in [1.165, 1.54) is 0 Å². The summed E-state index contributed by atoms with van der Waals surface area (Å²) in [5.41, 5.74) is 1.07. The van der Waals surface area contributed by atoms with Crippen LogP contribution in [-0.2, 0) is 0 Å². The molecule has 1 fully saturated rings. The Hall–Kier alpha value is -1.45. The number of guanidine groups is 1. The van der Waals surface area contributed by atoms with Crippen LogP contribution >= 0.6 is 35.6 Å². The van der Waals surface area contributed by atoms with Crippen LogP contribution in [0.2, 0.25) is 5.02 Å². The number of furan rings is 1. The number of hydrogen-bond donors (Lipinski definition) is 2. The molecule has 1 saturated heterocycles. The minimum atomic E-state index is -0.733. The van der Waals surface area contributed by atoms with Gasteiger partial charge in [-0.05, 0) is 31.2 Å². The molecule has 6 nitrogen and oxygen atoms in total. The van der Waals surface area contributed by atoms with E-state index in [2.05, 4.69) is 26.2 Å². The van der Waals surface area contributed by atoms with Crippen molar-refractivity contribution in [3.63, 3.8) is 0 Å². The van der Waals surface area contributed by atoms with E-state index in [0.717, 1.165) is 49.4 Å². The first-order chi connectivity index (χ1) is 12.7. The standard InChI is InChI=1S/C19H25ClN4O2.HI/c1-2-21-19(22-14-17(25)18-8-5-13-26-18)24-11-9-23(10-12-24)16-7-4-3-6-15(16)20;/h3-8,13,17,25H,2,9-12,14H2,1H3,(H,21,22);1H. The highest BCUT2D eigenvalue weighted by atomic mass is 127. The third-order valence-corrected chi connectivity index (χ3v) is 4.71. The topological polar surface area (TPSA) is 64.2 Å². The van der Waals surface area contributed by atoms with E-state index >= 15 is 0 Å². The van der Waals surface area contributed by atoms with Gasteiger partial charge in [-0.3, -0.25) is 0 Å². The summed E-state index contributed by atoms with van der Waals surface area (Å²) in [7, 11) is 0. The number of benzene rings is 1. The van der Waals surface area contributed by atoms with Gasteiger partial charge < -0.3 is 24.6 Å². The van der Waals surface area contributed by atoms with E-state index in [4.69, 9.17) is 16.0 Å². The van der Waals surface area contributed by atoms with Gasteiger partial charge in [0.1, 0.15) is 11.9 Å². The van der Waals surface area contributed by atoms with E-state index in [1.807, 2.05) is 25.1 Å². The molecule has 0 saturated carbocycles. The summed E-state index contributed by atoms with van der Waals surface area (Å²) < 4.78 is 5.23. The average Bonchev–Trinajstić information content (AvgIpc) is 3.20. The quantitative estimate of drug-likeness (QED) is 0.371.